The van der Waals surface area contributed by atoms with E-state index in [1.165, 1.54) is 17.2 Å². The Kier molecular flexibility index (Phi) is 1.67. The van der Waals surface area contributed by atoms with Crippen LogP contribution < -0.4 is 15.4 Å². The molecule has 1 aromatic carbocycles. The summed E-state index contributed by atoms with van der Waals surface area (Å²) in [5.41, 5.74) is 0.991. The van der Waals surface area contributed by atoms with E-state index in [4.69, 9.17) is 0 Å². The molecule has 0 amide bonds. The molecule has 0 atom stereocenters. The molecule has 0 unspecified atom stereocenters. The van der Waals surface area contributed by atoms with Gasteiger partial charge in [0.15, 0.2) is 0 Å². The summed E-state index contributed by atoms with van der Waals surface area (Å²) in [7, 11) is 0. The lowest BCUT2D eigenvalue weighted by Gasteiger charge is -1.97. The van der Waals surface area contributed by atoms with Gasteiger partial charge in [-0.1, -0.05) is 18.2 Å². The molecule has 3 rings (SSSR count). The Morgan fingerprint density at radius 2 is 2.14 bits per heavy atom. The zero-order chi connectivity index (χ0) is 9.38. The molecule has 2 aliphatic heterocycles. The normalized spacial score (nSPS) is 17.4. The molecule has 0 fully saturated rings. The largest absolute Gasteiger partial charge is 0.247 e. The highest BCUT2D eigenvalue weighted by atomic mass is 32.2. The topological polar surface area (TPSA) is 36.8 Å². The molecule has 1 N–H and O–H groups in total. The molecule has 0 aromatic heterocycles. The predicted octanol–water partition coefficient (Wildman–Crippen LogP) is 0.549. The molecule has 68 valence electrons. The highest BCUT2D eigenvalue weighted by Crippen LogP contribution is 2.24. The van der Waals surface area contributed by atoms with Gasteiger partial charge < -0.3 is 0 Å². The second-order valence-corrected chi connectivity index (χ2v) is 3.78. The number of nitrogens with one attached hydrogen (secondary N) is 1. The number of fused-ring (bicyclic) bond motifs is 2. The molecule has 0 saturated heterocycles. The van der Waals surface area contributed by atoms with Crippen molar-refractivity contribution in [1.29, 1.82) is 0 Å². The van der Waals surface area contributed by atoms with Crippen molar-refractivity contribution in [2.24, 2.45) is 10.1 Å². The van der Waals surface area contributed by atoms with Crippen LogP contribution in [0.3, 0.4) is 0 Å². The van der Waals surface area contributed by atoms with Crippen molar-refractivity contribution in [3.05, 3.63) is 46.6 Å². The molecule has 3 nitrogen and oxygen atoms in total. The number of hydrogen-bond donors (Lipinski definition) is 1. The lowest BCUT2D eigenvalue weighted by atomic mass is 10.3. The third-order valence-corrected chi connectivity index (χ3v) is 2.96. The van der Waals surface area contributed by atoms with Gasteiger partial charge in [-0.25, -0.2) is 9.82 Å². The van der Waals surface area contributed by atoms with Crippen LogP contribution in [-0.2, 0) is 0 Å². The third kappa shape index (κ3) is 1.08. The lowest BCUT2D eigenvalue weighted by molar-refractivity contribution is 1.14. The van der Waals surface area contributed by atoms with Crippen LogP contribution in [0, 0.1) is 0 Å². The van der Waals surface area contributed by atoms with E-state index >= 15 is 0 Å². The molecule has 14 heavy (non-hydrogen) atoms. The fraction of sp³-hybridized carbons (Fsp3) is 0. The summed E-state index contributed by atoms with van der Waals surface area (Å²) in [5.74, 6) is 0. The van der Waals surface area contributed by atoms with Crippen LogP contribution in [-0.4, -0.2) is 6.21 Å². The average Bonchev–Trinajstić information content (AvgIpc) is 2.42. The van der Waals surface area contributed by atoms with Crippen molar-refractivity contribution in [3.63, 3.8) is 0 Å². The second kappa shape index (κ2) is 2.99. The molecule has 4 heteroatoms. The van der Waals surface area contributed by atoms with E-state index in [2.05, 4.69) is 21.0 Å². The monoisotopic (exact) mass is 201 g/mol. The Bertz CT molecular complexity index is 557. The quantitative estimate of drug-likeness (QED) is 0.622. The summed E-state index contributed by atoms with van der Waals surface area (Å²) in [6.07, 6.45) is 3.65. The fourth-order valence-corrected chi connectivity index (χ4v) is 2.22. The maximum Gasteiger partial charge on any atom is 0.0814 e. The molecule has 1 aromatic rings. The SMILES string of the molecule is C1=NNSC2=c3ccccc3=NC2=C1. The Balaban J connectivity index is 2.37. The van der Waals surface area contributed by atoms with Gasteiger partial charge in [0.1, 0.15) is 0 Å². The van der Waals surface area contributed by atoms with Gasteiger partial charge in [0.2, 0.25) is 0 Å². The second-order valence-electron chi connectivity index (χ2n) is 2.98. The van der Waals surface area contributed by atoms with Crippen molar-refractivity contribution < 1.29 is 0 Å². The van der Waals surface area contributed by atoms with Gasteiger partial charge in [0.05, 0.1) is 16.0 Å². The summed E-state index contributed by atoms with van der Waals surface area (Å²) < 4.78 is 0. The number of allylic oxidation sites excluding steroid dienone is 1. The first-order valence-corrected chi connectivity index (χ1v) is 5.10. The standard InChI is InChI=1S/C10H7N3S/c1-2-4-8-7(3-1)10-9(12-8)5-6-11-13-14-10/h1-6,13H. The Hall–Kier alpha value is -1.55. The van der Waals surface area contributed by atoms with Gasteiger partial charge in [0, 0.05) is 23.4 Å². The van der Waals surface area contributed by atoms with E-state index in [0.717, 1.165) is 16.0 Å². The number of nitrogens with zero attached hydrogens (tertiary/aromatic N) is 2. The maximum atomic E-state index is 4.51. The van der Waals surface area contributed by atoms with Crippen molar-refractivity contribution in [1.82, 2.24) is 4.83 Å². The predicted molar refractivity (Wildman–Crippen MR) is 57.9 cm³/mol. The summed E-state index contributed by atoms with van der Waals surface area (Å²) in [5, 5.41) is 6.18. The Labute approximate surface area is 85.1 Å². The molecule has 0 saturated carbocycles. The minimum Gasteiger partial charge on any atom is -0.247 e. The first-order valence-electron chi connectivity index (χ1n) is 4.29. The van der Waals surface area contributed by atoms with E-state index in [-0.39, 0.29) is 0 Å². The average molecular weight is 201 g/mol. The van der Waals surface area contributed by atoms with Gasteiger partial charge in [-0.15, -0.1) is 0 Å². The smallest absolute Gasteiger partial charge is 0.0814 e. The van der Waals surface area contributed by atoms with E-state index in [1.807, 2.05) is 24.3 Å². The first kappa shape index (κ1) is 7.82. The minimum absolute atomic E-state index is 0.991. The highest BCUT2D eigenvalue weighted by molar-refractivity contribution is 8.06. The van der Waals surface area contributed by atoms with Crippen molar-refractivity contribution in [3.8, 4) is 0 Å². The maximum absolute atomic E-state index is 4.51. The zero-order valence-electron chi connectivity index (χ0n) is 7.27. The minimum atomic E-state index is 0.991. The molecule has 2 aliphatic rings. The van der Waals surface area contributed by atoms with Crippen molar-refractivity contribution >= 4 is 23.1 Å². The van der Waals surface area contributed by atoms with E-state index in [1.54, 1.807) is 6.21 Å². The lowest BCUT2D eigenvalue weighted by Crippen LogP contribution is -2.21. The molecule has 0 aliphatic carbocycles. The van der Waals surface area contributed by atoms with Gasteiger partial charge >= 0.3 is 0 Å². The van der Waals surface area contributed by atoms with Crippen molar-refractivity contribution in [2.45, 2.75) is 0 Å². The summed E-state index contributed by atoms with van der Waals surface area (Å²) in [6.45, 7) is 0. The van der Waals surface area contributed by atoms with Gasteiger partial charge in [0.25, 0.3) is 0 Å². The molecule has 0 radical (unpaired) electrons. The Morgan fingerprint density at radius 1 is 1.21 bits per heavy atom. The third-order valence-electron chi connectivity index (χ3n) is 2.13. The first-order chi connectivity index (χ1) is 6.95. The van der Waals surface area contributed by atoms with Crippen LogP contribution in [0.2, 0.25) is 0 Å². The zero-order valence-corrected chi connectivity index (χ0v) is 8.08. The van der Waals surface area contributed by atoms with Crippen molar-refractivity contribution in [2.75, 3.05) is 0 Å². The summed E-state index contributed by atoms with van der Waals surface area (Å²) >= 11 is 1.50. The van der Waals surface area contributed by atoms with E-state index < -0.39 is 0 Å². The number of hydrogen-bond acceptors (Lipinski definition) is 4. The van der Waals surface area contributed by atoms with Gasteiger partial charge in [-0.2, -0.15) is 5.10 Å². The molecule has 0 spiro atoms. The van der Waals surface area contributed by atoms with Crippen LogP contribution in [0.15, 0.2) is 46.1 Å². The van der Waals surface area contributed by atoms with Crippen LogP contribution in [0.25, 0.3) is 4.91 Å². The van der Waals surface area contributed by atoms with Crippen LogP contribution in [0.5, 0.6) is 0 Å². The molecular formula is C10H7N3S. The van der Waals surface area contributed by atoms with E-state index in [9.17, 15) is 0 Å². The van der Waals surface area contributed by atoms with Gasteiger partial charge in [-0.05, 0) is 12.1 Å². The number of para-hydroxylation sites is 1. The molecule has 0 bridgehead atoms. The van der Waals surface area contributed by atoms with Gasteiger partial charge in [-0.3, -0.25) is 0 Å². The summed E-state index contributed by atoms with van der Waals surface area (Å²) in [4.78, 5) is 8.55. The molecule has 2 heterocycles. The fourth-order valence-electron chi connectivity index (χ4n) is 1.51. The number of rotatable bonds is 0. The van der Waals surface area contributed by atoms with E-state index in [0.29, 0.717) is 0 Å². The highest BCUT2D eigenvalue weighted by Gasteiger charge is 2.13. The van der Waals surface area contributed by atoms with Crippen LogP contribution in [0.4, 0.5) is 0 Å². The van der Waals surface area contributed by atoms with Crippen LogP contribution >= 0.6 is 11.9 Å². The number of hydrazone groups is 1. The van der Waals surface area contributed by atoms with Crippen LogP contribution in [0.1, 0.15) is 0 Å². The number of benzene rings is 1. The Morgan fingerprint density at radius 3 is 3.14 bits per heavy atom. The molecular weight excluding hydrogens is 194 g/mol. The summed E-state index contributed by atoms with van der Waals surface area (Å²) in [6, 6.07) is 8.13.